The average molecular weight is 315 g/mol. The van der Waals surface area contributed by atoms with Gasteiger partial charge in [0.05, 0.1) is 8.07 Å². The molecule has 3 atom stereocenters. The number of rotatable bonds is 4. The molecule has 2 aliphatic rings. The topological polar surface area (TPSA) is 24.1 Å². The summed E-state index contributed by atoms with van der Waals surface area (Å²) in [6.07, 6.45) is 6.15. The summed E-state index contributed by atoms with van der Waals surface area (Å²) in [6, 6.07) is 10.1. The predicted molar refractivity (Wildman–Crippen MR) is 99.3 cm³/mol. The quantitative estimate of drug-likeness (QED) is 0.798. The summed E-state index contributed by atoms with van der Waals surface area (Å²) in [5.41, 5.74) is 2.90. The zero-order valence-electron chi connectivity index (χ0n) is 14.4. The van der Waals surface area contributed by atoms with Gasteiger partial charge in [-0.05, 0) is 44.4 Å². The molecule has 1 saturated heterocycles. The van der Waals surface area contributed by atoms with Gasteiger partial charge < -0.3 is 10.6 Å². The van der Waals surface area contributed by atoms with E-state index >= 15 is 0 Å². The number of benzene rings is 1. The van der Waals surface area contributed by atoms with E-state index in [2.05, 4.69) is 67.5 Å². The maximum absolute atomic E-state index is 3.80. The van der Waals surface area contributed by atoms with E-state index in [1.54, 1.807) is 5.20 Å². The summed E-state index contributed by atoms with van der Waals surface area (Å²) in [4.78, 5) is 0. The van der Waals surface area contributed by atoms with Crippen LogP contribution >= 0.6 is 0 Å². The third kappa shape index (κ3) is 3.02. The van der Waals surface area contributed by atoms with Gasteiger partial charge in [-0.1, -0.05) is 49.1 Å². The zero-order chi connectivity index (χ0) is 15.7. The van der Waals surface area contributed by atoms with Gasteiger partial charge >= 0.3 is 0 Å². The van der Waals surface area contributed by atoms with Crippen LogP contribution in [0.25, 0.3) is 0 Å². The van der Waals surface area contributed by atoms with Crippen molar-refractivity contribution >= 4 is 13.8 Å². The third-order valence-corrected chi connectivity index (χ3v) is 7.91. The van der Waals surface area contributed by atoms with Crippen LogP contribution in [0.2, 0.25) is 19.6 Å². The van der Waals surface area contributed by atoms with E-state index in [0.717, 1.165) is 6.54 Å². The number of fused-ring (bicyclic) bond motifs is 3. The molecule has 120 valence electrons. The van der Waals surface area contributed by atoms with Crippen LogP contribution in [-0.2, 0) is 0 Å². The fourth-order valence-corrected chi connectivity index (χ4v) is 6.00. The molecular formula is C19H30N2Si. The van der Waals surface area contributed by atoms with Gasteiger partial charge in [-0.15, -0.1) is 0 Å². The lowest BCUT2D eigenvalue weighted by atomic mass is 9.83. The van der Waals surface area contributed by atoms with Crippen LogP contribution in [0.3, 0.4) is 0 Å². The molecular weight excluding hydrogens is 284 g/mol. The van der Waals surface area contributed by atoms with Crippen LogP contribution in [0.1, 0.15) is 37.7 Å². The van der Waals surface area contributed by atoms with Crippen molar-refractivity contribution in [2.24, 2.45) is 0 Å². The van der Waals surface area contributed by atoms with E-state index in [0.29, 0.717) is 18.0 Å². The van der Waals surface area contributed by atoms with Crippen LogP contribution in [0, 0.1) is 0 Å². The Morgan fingerprint density at radius 3 is 2.77 bits per heavy atom. The smallest absolute Gasteiger partial charge is 0.0720 e. The fraction of sp³-hybridized carbons (Fsp3) is 0.579. The van der Waals surface area contributed by atoms with E-state index in [-0.39, 0.29) is 0 Å². The molecule has 22 heavy (non-hydrogen) atoms. The summed E-state index contributed by atoms with van der Waals surface area (Å²) in [7, 11) is -1.16. The molecule has 0 spiro atoms. The Balaban J connectivity index is 1.69. The lowest BCUT2D eigenvalue weighted by Gasteiger charge is -2.36. The molecule has 0 radical (unpaired) electrons. The minimum absolute atomic E-state index is 0.575. The van der Waals surface area contributed by atoms with E-state index < -0.39 is 8.07 Å². The van der Waals surface area contributed by atoms with E-state index in [1.165, 1.54) is 30.5 Å². The van der Waals surface area contributed by atoms with Gasteiger partial charge in [0.25, 0.3) is 0 Å². The van der Waals surface area contributed by atoms with E-state index in [1.807, 2.05) is 0 Å². The number of anilines is 1. The van der Waals surface area contributed by atoms with Gasteiger partial charge in [-0.2, -0.15) is 0 Å². The minimum Gasteiger partial charge on any atom is -0.380 e. The van der Waals surface area contributed by atoms with Gasteiger partial charge in [0.15, 0.2) is 0 Å². The van der Waals surface area contributed by atoms with Crippen molar-refractivity contribution in [3.05, 3.63) is 41.1 Å². The normalized spacial score (nSPS) is 28.0. The Hall–Kier alpha value is -1.06. The predicted octanol–water partition coefficient (Wildman–Crippen LogP) is 4.53. The number of allylic oxidation sites excluding steroid dienone is 2. The van der Waals surface area contributed by atoms with Crippen LogP contribution in [-0.4, -0.2) is 26.7 Å². The molecule has 1 fully saturated rings. The molecule has 0 aliphatic carbocycles. The standard InChI is InChI=1S/C19H30N2Si/c1-5-14(22(2,3)4)10-11-18-19-16(12-13-20-18)15-8-6-7-9-17(15)21-19/h5-9,16,18-21H,10-13H2,1-4H3/b14-5-/t16-,18+,19-/m1/s1. The Bertz CT molecular complexity index is 559. The summed E-state index contributed by atoms with van der Waals surface area (Å²) >= 11 is 0. The van der Waals surface area contributed by atoms with Crippen molar-refractivity contribution < 1.29 is 0 Å². The molecule has 0 unspecified atom stereocenters. The SMILES string of the molecule is C/C=C(/CC[C@@H]1NCC[C@@H]2c3ccccc3N[C@@H]12)[Si](C)(C)C. The zero-order valence-corrected chi connectivity index (χ0v) is 15.4. The molecule has 0 amide bonds. The molecule has 0 saturated carbocycles. The van der Waals surface area contributed by atoms with Gasteiger partial charge in [0.2, 0.25) is 0 Å². The number of hydrogen-bond donors (Lipinski definition) is 2. The second kappa shape index (κ2) is 6.21. The van der Waals surface area contributed by atoms with Crippen molar-refractivity contribution in [1.29, 1.82) is 0 Å². The summed E-state index contributed by atoms with van der Waals surface area (Å²) < 4.78 is 0. The molecule has 1 aromatic rings. The monoisotopic (exact) mass is 314 g/mol. The molecule has 3 rings (SSSR count). The van der Waals surface area contributed by atoms with E-state index in [9.17, 15) is 0 Å². The summed E-state index contributed by atoms with van der Waals surface area (Å²) in [5, 5.41) is 9.29. The first kappa shape index (κ1) is 15.8. The highest BCUT2D eigenvalue weighted by Crippen LogP contribution is 2.41. The molecule has 3 heteroatoms. The van der Waals surface area contributed by atoms with Crippen molar-refractivity contribution in [3.8, 4) is 0 Å². The van der Waals surface area contributed by atoms with Crippen molar-refractivity contribution in [3.63, 3.8) is 0 Å². The fourth-order valence-electron chi connectivity index (χ4n) is 4.24. The highest BCUT2D eigenvalue weighted by molar-refractivity contribution is 6.83. The number of nitrogens with one attached hydrogen (secondary N) is 2. The molecule has 2 nitrogen and oxygen atoms in total. The van der Waals surface area contributed by atoms with Gasteiger partial charge in [-0.25, -0.2) is 0 Å². The molecule has 0 bridgehead atoms. The maximum atomic E-state index is 3.80. The van der Waals surface area contributed by atoms with Crippen LogP contribution in [0.15, 0.2) is 35.5 Å². The van der Waals surface area contributed by atoms with Crippen molar-refractivity contribution in [2.75, 3.05) is 11.9 Å². The molecule has 2 heterocycles. The summed E-state index contributed by atoms with van der Waals surface area (Å²) in [5.74, 6) is 0.698. The molecule has 2 N–H and O–H groups in total. The van der Waals surface area contributed by atoms with Crippen LogP contribution in [0.5, 0.6) is 0 Å². The lowest BCUT2D eigenvalue weighted by Crippen LogP contribution is -2.50. The minimum atomic E-state index is -1.16. The first-order chi connectivity index (χ1) is 10.5. The van der Waals surface area contributed by atoms with Gasteiger partial charge in [0, 0.05) is 23.7 Å². The second-order valence-corrected chi connectivity index (χ2v) is 13.0. The lowest BCUT2D eigenvalue weighted by molar-refractivity contribution is 0.328. The Morgan fingerprint density at radius 1 is 1.27 bits per heavy atom. The Morgan fingerprint density at radius 2 is 2.05 bits per heavy atom. The maximum Gasteiger partial charge on any atom is 0.0720 e. The third-order valence-electron chi connectivity index (χ3n) is 5.45. The second-order valence-electron chi connectivity index (χ2n) is 7.82. The van der Waals surface area contributed by atoms with Crippen LogP contribution in [0.4, 0.5) is 5.69 Å². The largest absolute Gasteiger partial charge is 0.380 e. The average Bonchev–Trinajstić information content (AvgIpc) is 2.86. The highest BCUT2D eigenvalue weighted by Gasteiger charge is 2.39. The first-order valence-corrected chi connectivity index (χ1v) is 12.2. The van der Waals surface area contributed by atoms with E-state index in [4.69, 9.17) is 0 Å². The number of para-hydroxylation sites is 1. The van der Waals surface area contributed by atoms with Crippen molar-refractivity contribution in [1.82, 2.24) is 5.32 Å². The van der Waals surface area contributed by atoms with Crippen LogP contribution < -0.4 is 10.6 Å². The Labute approximate surface area is 136 Å². The Kier molecular flexibility index (Phi) is 4.46. The molecule has 2 aliphatic heterocycles. The molecule has 0 aromatic heterocycles. The summed E-state index contributed by atoms with van der Waals surface area (Å²) in [6.45, 7) is 10.8. The first-order valence-electron chi connectivity index (χ1n) is 8.75. The molecule has 1 aromatic carbocycles. The number of hydrogen-bond acceptors (Lipinski definition) is 2. The number of piperidine rings is 1. The van der Waals surface area contributed by atoms with Gasteiger partial charge in [-0.3, -0.25) is 0 Å². The highest BCUT2D eigenvalue weighted by atomic mass is 28.3. The van der Waals surface area contributed by atoms with Crippen molar-refractivity contribution in [2.45, 2.75) is 63.8 Å². The van der Waals surface area contributed by atoms with Gasteiger partial charge in [0.1, 0.15) is 0 Å².